The molecule has 0 saturated heterocycles. The normalized spacial score (nSPS) is 24.6. The minimum absolute atomic E-state index is 0.0252. The number of hydrogen-bond acceptors (Lipinski definition) is 4. The van der Waals surface area contributed by atoms with Crippen LogP contribution in [0, 0.1) is 35.0 Å². The quantitative estimate of drug-likeness (QED) is 0.343. The molecule has 0 heterocycles. The fourth-order valence-electron chi connectivity index (χ4n) is 6.71. The Hall–Kier alpha value is -0.900. The molecule has 0 spiro atoms. The van der Waals surface area contributed by atoms with E-state index in [2.05, 4.69) is 18.6 Å². The summed E-state index contributed by atoms with van der Waals surface area (Å²) >= 11 is 0. The van der Waals surface area contributed by atoms with Gasteiger partial charge in [0.15, 0.2) is 0 Å². The van der Waals surface area contributed by atoms with Gasteiger partial charge in [0.25, 0.3) is 0 Å². The van der Waals surface area contributed by atoms with Crippen LogP contribution in [0.15, 0.2) is 0 Å². The molecule has 4 heteroatoms. The molecular weight excluding hydrogens is 460 g/mol. The monoisotopic (exact) mass is 526 g/mol. The molecule has 0 radical (unpaired) electrons. The lowest BCUT2D eigenvalue weighted by atomic mass is 9.61. The second-order valence-electron chi connectivity index (χ2n) is 11.6. The Balaban J connectivity index is 0. The van der Waals surface area contributed by atoms with Crippen molar-refractivity contribution in [3.8, 4) is 0 Å². The molecule has 3 atom stereocenters. The minimum Gasteiger partial charge on any atom is -0.469 e. The zero-order valence-electron chi connectivity index (χ0n) is 26.9. The molecule has 0 aliphatic heterocycles. The van der Waals surface area contributed by atoms with Gasteiger partial charge in [0.2, 0.25) is 0 Å². The summed E-state index contributed by atoms with van der Waals surface area (Å²) in [5, 5.41) is 0. The first-order chi connectivity index (χ1) is 17.7. The number of ketones is 1. The summed E-state index contributed by atoms with van der Waals surface area (Å²) in [5.74, 6) is 4.01. The van der Waals surface area contributed by atoms with Crippen molar-refractivity contribution < 1.29 is 19.1 Å². The van der Waals surface area contributed by atoms with Crippen LogP contribution in [0.2, 0.25) is 0 Å². The van der Waals surface area contributed by atoms with E-state index >= 15 is 0 Å². The van der Waals surface area contributed by atoms with Gasteiger partial charge in [0.05, 0.1) is 13.0 Å². The van der Waals surface area contributed by atoms with E-state index in [-0.39, 0.29) is 17.7 Å². The van der Waals surface area contributed by atoms with E-state index in [1.807, 2.05) is 27.7 Å². The Labute approximate surface area is 232 Å². The highest BCUT2D eigenvalue weighted by molar-refractivity contribution is 5.73. The van der Waals surface area contributed by atoms with Crippen molar-refractivity contribution in [3.05, 3.63) is 0 Å². The van der Waals surface area contributed by atoms with Crippen LogP contribution in [-0.4, -0.2) is 33.1 Å². The number of methoxy groups -OCH3 is 2. The molecule has 0 aromatic heterocycles. The van der Waals surface area contributed by atoms with Crippen LogP contribution in [0.4, 0.5) is 0 Å². The highest BCUT2D eigenvalue weighted by Crippen LogP contribution is 2.49. The smallest absolute Gasteiger partial charge is 0.308 e. The summed E-state index contributed by atoms with van der Waals surface area (Å²) in [6.07, 6.45) is 20.0. The lowest BCUT2D eigenvalue weighted by Gasteiger charge is -2.44. The zero-order valence-corrected chi connectivity index (χ0v) is 26.9. The van der Waals surface area contributed by atoms with E-state index < -0.39 is 0 Å². The number of fused-ring (bicyclic) bond motifs is 2. The summed E-state index contributed by atoms with van der Waals surface area (Å²) in [6, 6.07) is 0. The molecule has 37 heavy (non-hydrogen) atoms. The number of hydrogen-bond donors (Lipinski definition) is 0. The van der Waals surface area contributed by atoms with Gasteiger partial charge in [-0.05, 0) is 87.9 Å². The third-order valence-corrected chi connectivity index (χ3v) is 8.56. The zero-order chi connectivity index (χ0) is 28.9. The maximum absolute atomic E-state index is 11.2. The molecule has 4 aliphatic carbocycles. The molecule has 0 amide bonds. The average molecular weight is 527 g/mol. The average Bonchev–Trinajstić information content (AvgIpc) is 3.56. The number of esters is 1. The highest BCUT2D eigenvalue weighted by atomic mass is 16.5. The lowest BCUT2D eigenvalue weighted by molar-refractivity contribution is -0.147. The first-order valence-corrected chi connectivity index (χ1v) is 15.6. The van der Waals surface area contributed by atoms with Gasteiger partial charge in [-0.3, -0.25) is 4.79 Å². The van der Waals surface area contributed by atoms with Crippen LogP contribution >= 0.6 is 0 Å². The van der Waals surface area contributed by atoms with Crippen LogP contribution in [0.25, 0.3) is 0 Å². The maximum Gasteiger partial charge on any atom is 0.308 e. The van der Waals surface area contributed by atoms with Crippen molar-refractivity contribution >= 4 is 11.8 Å². The maximum atomic E-state index is 11.2. The van der Waals surface area contributed by atoms with Crippen LogP contribution in [-0.2, 0) is 19.1 Å². The molecule has 4 saturated carbocycles. The molecule has 0 aromatic rings. The SMILES string of the molecule is CC.CC.CC(C)(C1CCCCC1)C1CCCCC1.CC(C)=O.COC.COC(=O)C1CC2CCC1C2. The standard InChI is InChI=1S/C15H28.C9H14O2.C3H6O.C2H6O.2C2H6/c1-15(2,13-9-5-3-6-10-13)14-11-7-4-8-12-14;1-11-9(10)8-5-6-2-3-7(8)4-6;1-3(2)4;1-3-2;2*1-2/h13-14H,3-12H2,1-2H3;6-8H,2-5H2,1H3;1-2H3;1-2H3;2*1-2H3. The van der Waals surface area contributed by atoms with E-state index in [1.54, 1.807) is 14.2 Å². The molecule has 4 aliphatic rings. The molecule has 2 bridgehead atoms. The van der Waals surface area contributed by atoms with Gasteiger partial charge in [-0.1, -0.05) is 86.5 Å². The van der Waals surface area contributed by atoms with Crippen LogP contribution in [0.3, 0.4) is 0 Å². The van der Waals surface area contributed by atoms with E-state index in [0.29, 0.717) is 11.3 Å². The van der Waals surface area contributed by atoms with Gasteiger partial charge in [-0.2, -0.15) is 0 Å². The fourth-order valence-corrected chi connectivity index (χ4v) is 6.71. The van der Waals surface area contributed by atoms with E-state index in [9.17, 15) is 9.59 Å². The van der Waals surface area contributed by atoms with Crippen molar-refractivity contribution in [3.63, 3.8) is 0 Å². The second-order valence-corrected chi connectivity index (χ2v) is 11.6. The molecule has 0 aromatic carbocycles. The number of carbonyl (C=O) groups excluding carboxylic acids is 2. The van der Waals surface area contributed by atoms with E-state index in [4.69, 9.17) is 4.74 Å². The Kier molecular flexibility index (Phi) is 23.8. The summed E-state index contributed by atoms with van der Waals surface area (Å²) in [6.45, 7) is 16.2. The predicted molar refractivity (Wildman–Crippen MR) is 160 cm³/mol. The van der Waals surface area contributed by atoms with Gasteiger partial charge in [-0.15, -0.1) is 0 Å². The molecule has 222 valence electrons. The Morgan fingerprint density at radius 2 is 1.03 bits per heavy atom. The first kappa shape index (κ1) is 38.2. The molecule has 4 rings (SSSR count). The molecule has 3 unspecified atom stereocenters. The van der Waals surface area contributed by atoms with Gasteiger partial charge in [-0.25, -0.2) is 0 Å². The Bertz CT molecular complexity index is 521. The van der Waals surface area contributed by atoms with Gasteiger partial charge >= 0.3 is 5.97 Å². The first-order valence-electron chi connectivity index (χ1n) is 15.6. The van der Waals surface area contributed by atoms with E-state index in [1.165, 1.54) is 104 Å². The third-order valence-electron chi connectivity index (χ3n) is 8.56. The van der Waals surface area contributed by atoms with Crippen molar-refractivity contribution in [2.45, 2.75) is 145 Å². The number of carbonyl (C=O) groups is 2. The highest BCUT2D eigenvalue weighted by Gasteiger charge is 2.43. The number of ether oxygens (including phenoxy) is 2. The second kappa shape index (κ2) is 23.0. The van der Waals surface area contributed by atoms with Crippen LogP contribution in [0.5, 0.6) is 0 Å². The largest absolute Gasteiger partial charge is 0.469 e. The Morgan fingerprint density at radius 3 is 1.30 bits per heavy atom. The van der Waals surface area contributed by atoms with Crippen molar-refractivity contribution in [2.24, 2.45) is 35.0 Å². The van der Waals surface area contributed by atoms with Crippen LogP contribution < -0.4 is 0 Å². The molecule has 4 fully saturated rings. The topological polar surface area (TPSA) is 52.6 Å². The third kappa shape index (κ3) is 15.3. The van der Waals surface area contributed by atoms with Gasteiger partial charge in [0.1, 0.15) is 5.78 Å². The Morgan fingerprint density at radius 1 is 0.649 bits per heavy atom. The molecular formula is C33H66O4. The summed E-state index contributed by atoms with van der Waals surface area (Å²) in [5.41, 5.74) is 0.640. The molecule has 0 N–H and O–H groups in total. The van der Waals surface area contributed by atoms with Crippen molar-refractivity contribution in [2.75, 3.05) is 21.3 Å². The summed E-state index contributed by atoms with van der Waals surface area (Å²) in [7, 11) is 4.74. The van der Waals surface area contributed by atoms with E-state index in [0.717, 1.165) is 24.2 Å². The predicted octanol–water partition coefficient (Wildman–Crippen LogP) is 9.68. The fraction of sp³-hybridized carbons (Fsp3) is 0.939. The summed E-state index contributed by atoms with van der Waals surface area (Å²) < 4.78 is 9.00. The van der Waals surface area contributed by atoms with Gasteiger partial charge in [0, 0.05) is 14.2 Å². The molecule has 4 nitrogen and oxygen atoms in total. The lowest BCUT2D eigenvalue weighted by Crippen LogP contribution is -2.35. The van der Waals surface area contributed by atoms with Gasteiger partial charge < -0.3 is 14.3 Å². The summed E-state index contributed by atoms with van der Waals surface area (Å²) in [4.78, 5) is 20.6. The van der Waals surface area contributed by atoms with Crippen molar-refractivity contribution in [1.82, 2.24) is 0 Å². The number of Topliss-reactive ketones (excluding diaryl/α,β-unsaturated/α-hetero) is 1. The minimum atomic E-state index is 0.0252. The van der Waals surface area contributed by atoms with Crippen molar-refractivity contribution in [1.29, 1.82) is 0 Å². The number of rotatable bonds is 3. The van der Waals surface area contributed by atoms with Crippen LogP contribution in [0.1, 0.15) is 145 Å².